The normalized spacial score (nSPS) is 13.7. The number of aromatic nitrogens is 3. The Morgan fingerprint density at radius 1 is 1.29 bits per heavy atom. The van der Waals surface area contributed by atoms with Gasteiger partial charge in [-0.3, -0.25) is 4.79 Å². The second kappa shape index (κ2) is 8.01. The third-order valence-corrected chi connectivity index (χ3v) is 5.72. The summed E-state index contributed by atoms with van der Waals surface area (Å²) < 4.78 is 13.4. The maximum absolute atomic E-state index is 12.6. The number of hydrogen-bond acceptors (Lipinski definition) is 6. The summed E-state index contributed by atoms with van der Waals surface area (Å²) in [5.41, 5.74) is 2.98. The third-order valence-electron chi connectivity index (χ3n) is 4.65. The third kappa shape index (κ3) is 4.25. The summed E-state index contributed by atoms with van der Waals surface area (Å²) in [7, 11) is 0. The first-order chi connectivity index (χ1) is 13.5. The number of carbonyl (C=O) groups excluding carboxylic acids is 1. The van der Waals surface area contributed by atoms with E-state index in [1.165, 1.54) is 24.6 Å². The number of halogens is 1. The van der Waals surface area contributed by atoms with Gasteiger partial charge < -0.3 is 13.7 Å². The SMILES string of the molecule is Cc1cc(C(=O)CSc2nnc(COc3ccc(Cl)cc3)o2)c(C)n1C1CC1. The van der Waals surface area contributed by atoms with Crippen LogP contribution >= 0.6 is 23.4 Å². The van der Waals surface area contributed by atoms with E-state index in [2.05, 4.69) is 21.7 Å². The lowest BCUT2D eigenvalue weighted by molar-refractivity contribution is 0.102. The van der Waals surface area contributed by atoms with E-state index < -0.39 is 0 Å². The molecule has 1 saturated carbocycles. The highest BCUT2D eigenvalue weighted by atomic mass is 35.5. The molecule has 28 heavy (non-hydrogen) atoms. The minimum absolute atomic E-state index is 0.0714. The fourth-order valence-corrected chi connectivity index (χ4v) is 3.98. The van der Waals surface area contributed by atoms with Gasteiger partial charge in [-0.1, -0.05) is 23.4 Å². The van der Waals surface area contributed by atoms with Gasteiger partial charge in [0.05, 0.1) is 5.75 Å². The van der Waals surface area contributed by atoms with E-state index in [0.717, 1.165) is 17.0 Å². The molecule has 0 atom stereocenters. The molecule has 1 fully saturated rings. The first kappa shape index (κ1) is 19.1. The van der Waals surface area contributed by atoms with Crippen LogP contribution in [0, 0.1) is 13.8 Å². The maximum Gasteiger partial charge on any atom is 0.277 e. The number of hydrogen-bond donors (Lipinski definition) is 0. The minimum Gasteiger partial charge on any atom is -0.484 e. The number of rotatable bonds is 8. The van der Waals surface area contributed by atoms with Crippen LogP contribution in [0.25, 0.3) is 0 Å². The van der Waals surface area contributed by atoms with Crippen LogP contribution in [0.2, 0.25) is 5.02 Å². The van der Waals surface area contributed by atoms with E-state index in [9.17, 15) is 4.79 Å². The molecule has 0 saturated heterocycles. The lowest BCUT2D eigenvalue weighted by Crippen LogP contribution is -2.05. The molecule has 0 aliphatic heterocycles. The summed E-state index contributed by atoms with van der Waals surface area (Å²) in [6, 6.07) is 9.58. The highest BCUT2D eigenvalue weighted by molar-refractivity contribution is 7.99. The molecule has 0 bridgehead atoms. The molecule has 0 amide bonds. The van der Waals surface area contributed by atoms with Crippen molar-refractivity contribution < 1.29 is 13.9 Å². The number of thioether (sulfide) groups is 1. The molecule has 0 spiro atoms. The maximum atomic E-state index is 12.6. The quantitative estimate of drug-likeness (QED) is 0.378. The number of nitrogens with zero attached hydrogens (tertiary/aromatic N) is 3. The van der Waals surface area contributed by atoms with E-state index in [0.29, 0.717) is 27.9 Å². The van der Waals surface area contributed by atoms with E-state index in [1.807, 2.05) is 13.0 Å². The summed E-state index contributed by atoms with van der Waals surface area (Å²) in [6.45, 7) is 4.23. The Kier molecular flexibility index (Phi) is 5.46. The fourth-order valence-electron chi connectivity index (χ4n) is 3.19. The van der Waals surface area contributed by atoms with Crippen molar-refractivity contribution >= 4 is 29.1 Å². The van der Waals surface area contributed by atoms with Gasteiger partial charge in [0.2, 0.25) is 0 Å². The predicted molar refractivity (Wildman–Crippen MR) is 107 cm³/mol. The highest BCUT2D eigenvalue weighted by Gasteiger charge is 2.28. The van der Waals surface area contributed by atoms with E-state index in [-0.39, 0.29) is 18.1 Å². The first-order valence-corrected chi connectivity index (χ1v) is 10.4. The van der Waals surface area contributed by atoms with Gasteiger partial charge in [-0.15, -0.1) is 10.2 Å². The Morgan fingerprint density at radius 2 is 2.04 bits per heavy atom. The van der Waals surface area contributed by atoms with Gasteiger partial charge in [-0.2, -0.15) is 0 Å². The molecule has 3 aromatic rings. The number of benzene rings is 1. The molecule has 1 aromatic carbocycles. The van der Waals surface area contributed by atoms with Crippen molar-refractivity contribution in [3.63, 3.8) is 0 Å². The van der Waals surface area contributed by atoms with E-state index >= 15 is 0 Å². The van der Waals surface area contributed by atoms with Crippen molar-refractivity contribution in [2.45, 2.75) is 44.6 Å². The highest BCUT2D eigenvalue weighted by Crippen LogP contribution is 2.38. The van der Waals surface area contributed by atoms with E-state index in [4.69, 9.17) is 20.8 Å². The zero-order valence-corrected chi connectivity index (χ0v) is 17.2. The van der Waals surface area contributed by atoms with Crippen molar-refractivity contribution in [1.29, 1.82) is 0 Å². The smallest absolute Gasteiger partial charge is 0.277 e. The standard InChI is InChI=1S/C20H20ClN3O3S/c1-12-9-17(13(2)24(12)15-5-6-15)18(25)11-28-20-23-22-19(27-20)10-26-16-7-3-14(21)4-8-16/h3-4,7-9,15H,5-6,10-11H2,1-2H3. The molecule has 1 aliphatic rings. The number of ketones is 1. The number of carbonyl (C=O) groups is 1. The largest absolute Gasteiger partial charge is 0.484 e. The van der Waals surface area contributed by atoms with Crippen molar-refractivity contribution in [1.82, 2.24) is 14.8 Å². The molecule has 0 N–H and O–H groups in total. The molecular formula is C20H20ClN3O3S. The second-order valence-electron chi connectivity index (χ2n) is 6.80. The first-order valence-electron chi connectivity index (χ1n) is 9.06. The monoisotopic (exact) mass is 417 g/mol. The Morgan fingerprint density at radius 3 is 2.75 bits per heavy atom. The van der Waals surface area contributed by atoms with Gasteiger partial charge in [0.1, 0.15) is 5.75 Å². The Bertz CT molecular complexity index is 993. The van der Waals surface area contributed by atoms with Crippen LogP contribution < -0.4 is 4.74 Å². The topological polar surface area (TPSA) is 70.2 Å². The summed E-state index contributed by atoms with van der Waals surface area (Å²) in [5, 5.41) is 8.95. The molecule has 2 aromatic heterocycles. The summed E-state index contributed by atoms with van der Waals surface area (Å²) in [6.07, 6.45) is 2.39. The van der Waals surface area contributed by atoms with Crippen molar-refractivity contribution in [3.8, 4) is 5.75 Å². The van der Waals surface area contributed by atoms with Crippen LogP contribution in [-0.2, 0) is 6.61 Å². The Hall–Kier alpha value is -2.25. The molecule has 0 radical (unpaired) electrons. The lowest BCUT2D eigenvalue weighted by atomic mass is 10.2. The van der Waals surface area contributed by atoms with Crippen molar-refractivity contribution in [3.05, 3.63) is 58.2 Å². The second-order valence-corrected chi connectivity index (χ2v) is 8.17. The molecule has 6 nitrogen and oxygen atoms in total. The zero-order chi connectivity index (χ0) is 19.7. The van der Waals surface area contributed by atoms with Crippen LogP contribution in [0.4, 0.5) is 0 Å². The van der Waals surface area contributed by atoms with Crippen LogP contribution in [0.3, 0.4) is 0 Å². The van der Waals surface area contributed by atoms with Gasteiger partial charge >= 0.3 is 0 Å². The van der Waals surface area contributed by atoms with Crippen LogP contribution in [0.15, 0.2) is 40.0 Å². The van der Waals surface area contributed by atoms with Crippen LogP contribution in [-0.4, -0.2) is 26.3 Å². The number of Topliss-reactive ketones (excluding diaryl/α,β-unsaturated/α-hetero) is 1. The van der Waals surface area contributed by atoms with Gasteiger partial charge in [0, 0.05) is 28.0 Å². The number of aryl methyl sites for hydroxylation is 1. The number of ether oxygens (including phenoxy) is 1. The van der Waals surface area contributed by atoms with Gasteiger partial charge in [0.15, 0.2) is 12.4 Å². The van der Waals surface area contributed by atoms with Gasteiger partial charge in [-0.05, 0) is 57.0 Å². The summed E-state index contributed by atoms with van der Waals surface area (Å²) in [5.74, 6) is 1.35. The fraction of sp³-hybridized carbons (Fsp3) is 0.350. The van der Waals surface area contributed by atoms with Crippen LogP contribution in [0.1, 0.15) is 46.5 Å². The van der Waals surface area contributed by atoms with Gasteiger partial charge in [0.25, 0.3) is 11.1 Å². The van der Waals surface area contributed by atoms with Crippen molar-refractivity contribution in [2.24, 2.45) is 0 Å². The van der Waals surface area contributed by atoms with E-state index in [1.54, 1.807) is 24.3 Å². The van der Waals surface area contributed by atoms with Crippen LogP contribution in [0.5, 0.6) is 5.75 Å². The average molecular weight is 418 g/mol. The predicted octanol–water partition coefficient (Wildman–Crippen LogP) is 5.03. The molecule has 1 aliphatic carbocycles. The molecule has 8 heteroatoms. The molecule has 146 valence electrons. The lowest BCUT2D eigenvalue weighted by Gasteiger charge is -2.07. The average Bonchev–Trinajstić information content (AvgIpc) is 3.32. The molecule has 2 heterocycles. The summed E-state index contributed by atoms with van der Waals surface area (Å²) >= 11 is 7.09. The van der Waals surface area contributed by atoms with Crippen molar-refractivity contribution in [2.75, 3.05) is 5.75 Å². The molecule has 4 rings (SSSR count). The molecule has 0 unspecified atom stereocenters. The van der Waals surface area contributed by atoms with Gasteiger partial charge in [-0.25, -0.2) is 0 Å². The zero-order valence-electron chi connectivity index (χ0n) is 15.6. The summed E-state index contributed by atoms with van der Waals surface area (Å²) in [4.78, 5) is 12.6. The Labute approximate surface area is 172 Å². The Balaban J connectivity index is 1.32. The minimum atomic E-state index is 0.0714. The molecular weight excluding hydrogens is 398 g/mol.